The first-order chi connectivity index (χ1) is 9.12. The highest BCUT2D eigenvalue weighted by molar-refractivity contribution is 7.86. The van der Waals surface area contributed by atoms with Gasteiger partial charge in [0.05, 0.1) is 12.4 Å². The lowest BCUT2D eigenvalue weighted by Gasteiger charge is -2.52. The SMILES string of the molecule is C=C(C)[C@H]1CC[C@@]2(C)CC[C@H](OS(C)(=O)=O)[C@@H](C)[C@@H]2C1. The highest BCUT2D eigenvalue weighted by Crippen LogP contribution is 2.55. The third kappa shape index (κ3) is 3.28. The third-order valence-corrected chi connectivity index (χ3v) is 6.31. The maximum absolute atomic E-state index is 11.4. The van der Waals surface area contributed by atoms with Gasteiger partial charge in [-0.05, 0) is 62.2 Å². The van der Waals surface area contributed by atoms with Gasteiger partial charge in [-0.1, -0.05) is 26.0 Å². The van der Waals surface area contributed by atoms with Gasteiger partial charge in [-0.3, -0.25) is 4.18 Å². The second kappa shape index (κ2) is 5.45. The van der Waals surface area contributed by atoms with Crippen molar-refractivity contribution in [2.24, 2.45) is 23.2 Å². The van der Waals surface area contributed by atoms with Crippen LogP contribution in [-0.2, 0) is 14.3 Å². The Kier molecular flexibility index (Phi) is 4.37. The third-order valence-electron chi connectivity index (χ3n) is 5.71. The van der Waals surface area contributed by atoms with Gasteiger partial charge in [-0.25, -0.2) is 0 Å². The topological polar surface area (TPSA) is 43.4 Å². The van der Waals surface area contributed by atoms with Crippen LogP contribution >= 0.6 is 0 Å². The second-order valence-electron chi connectivity index (χ2n) is 7.31. The van der Waals surface area contributed by atoms with Crippen molar-refractivity contribution in [2.75, 3.05) is 6.26 Å². The molecule has 0 aliphatic heterocycles. The van der Waals surface area contributed by atoms with Gasteiger partial charge in [0.15, 0.2) is 0 Å². The van der Waals surface area contributed by atoms with Gasteiger partial charge in [0, 0.05) is 0 Å². The Balaban J connectivity index is 2.16. The maximum Gasteiger partial charge on any atom is 0.264 e. The number of hydrogen-bond acceptors (Lipinski definition) is 3. The Bertz CT molecular complexity index is 482. The molecular weight excluding hydrogens is 272 g/mol. The van der Waals surface area contributed by atoms with Gasteiger partial charge in [0.2, 0.25) is 0 Å². The molecule has 0 aromatic rings. The van der Waals surface area contributed by atoms with Crippen LogP contribution in [-0.4, -0.2) is 20.8 Å². The molecule has 2 aliphatic carbocycles. The summed E-state index contributed by atoms with van der Waals surface area (Å²) in [6, 6.07) is 0. The Morgan fingerprint density at radius 3 is 2.45 bits per heavy atom. The fourth-order valence-corrected chi connectivity index (χ4v) is 5.08. The summed E-state index contributed by atoms with van der Waals surface area (Å²) in [5.41, 5.74) is 1.62. The summed E-state index contributed by atoms with van der Waals surface area (Å²) < 4.78 is 28.2. The summed E-state index contributed by atoms with van der Waals surface area (Å²) in [5.74, 6) is 1.43. The first kappa shape index (κ1) is 16.0. The van der Waals surface area contributed by atoms with Crippen LogP contribution in [0, 0.1) is 23.2 Å². The minimum atomic E-state index is -3.36. The van der Waals surface area contributed by atoms with E-state index >= 15 is 0 Å². The predicted octanol–water partition coefficient (Wildman–Crippen LogP) is 3.76. The van der Waals surface area contributed by atoms with Crippen molar-refractivity contribution in [2.45, 2.75) is 59.0 Å². The standard InChI is InChI=1S/C16H28O3S/c1-11(2)13-6-8-16(4)9-7-15(19-20(5,17)18)12(3)14(16)10-13/h12-15H,1,6-10H2,2-5H3/t12-,13-,14-,15-,16-/m0/s1. The molecule has 3 nitrogen and oxygen atoms in total. The van der Waals surface area contributed by atoms with E-state index in [0.29, 0.717) is 23.2 Å². The molecule has 0 spiro atoms. The monoisotopic (exact) mass is 300 g/mol. The molecule has 0 aromatic heterocycles. The van der Waals surface area contributed by atoms with Gasteiger partial charge in [0.25, 0.3) is 10.1 Å². The molecule has 116 valence electrons. The lowest BCUT2D eigenvalue weighted by atomic mass is 9.54. The molecule has 0 amide bonds. The summed E-state index contributed by atoms with van der Waals surface area (Å²) in [7, 11) is -3.36. The molecule has 0 heterocycles. The van der Waals surface area contributed by atoms with E-state index in [9.17, 15) is 8.42 Å². The van der Waals surface area contributed by atoms with Crippen LogP contribution in [0.2, 0.25) is 0 Å². The first-order valence-corrected chi connectivity index (χ1v) is 9.48. The van der Waals surface area contributed by atoms with E-state index in [1.54, 1.807) is 0 Å². The smallest absolute Gasteiger partial charge is 0.264 e. The number of hydrogen-bond donors (Lipinski definition) is 0. The summed E-state index contributed by atoms with van der Waals surface area (Å²) in [4.78, 5) is 0. The van der Waals surface area contributed by atoms with Gasteiger partial charge in [-0.15, -0.1) is 0 Å². The average Bonchev–Trinajstić information content (AvgIpc) is 2.31. The van der Waals surface area contributed by atoms with Gasteiger partial charge in [0.1, 0.15) is 0 Å². The Labute approximate surface area is 123 Å². The van der Waals surface area contributed by atoms with Gasteiger partial charge < -0.3 is 0 Å². The van der Waals surface area contributed by atoms with Crippen molar-refractivity contribution < 1.29 is 12.6 Å². The number of rotatable bonds is 3. The average molecular weight is 300 g/mol. The van der Waals surface area contributed by atoms with Crippen molar-refractivity contribution in [3.63, 3.8) is 0 Å². The van der Waals surface area contributed by atoms with Crippen LogP contribution in [0.1, 0.15) is 52.9 Å². The van der Waals surface area contributed by atoms with Crippen LogP contribution in [0.3, 0.4) is 0 Å². The minimum Gasteiger partial charge on any atom is -0.267 e. The molecular formula is C16H28O3S. The summed E-state index contributed by atoms with van der Waals surface area (Å²) in [6.07, 6.45) is 6.54. The van der Waals surface area contributed by atoms with Crippen LogP contribution in [0.25, 0.3) is 0 Å². The zero-order valence-corrected chi connectivity index (χ0v) is 14.0. The quantitative estimate of drug-likeness (QED) is 0.589. The zero-order chi connectivity index (χ0) is 15.1. The highest BCUT2D eigenvalue weighted by Gasteiger charge is 2.48. The second-order valence-corrected chi connectivity index (χ2v) is 8.92. The molecule has 0 saturated heterocycles. The number of allylic oxidation sites excluding steroid dienone is 1. The molecule has 0 unspecified atom stereocenters. The summed E-state index contributed by atoms with van der Waals surface area (Å²) in [6.45, 7) is 10.8. The van der Waals surface area contributed by atoms with Crippen molar-refractivity contribution in [1.29, 1.82) is 0 Å². The molecule has 5 atom stereocenters. The van der Waals surface area contributed by atoms with Crippen molar-refractivity contribution >= 4 is 10.1 Å². The molecule has 2 aliphatic rings. The largest absolute Gasteiger partial charge is 0.267 e. The van der Waals surface area contributed by atoms with E-state index in [4.69, 9.17) is 4.18 Å². The van der Waals surface area contributed by atoms with Gasteiger partial charge >= 0.3 is 0 Å². The zero-order valence-electron chi connectivity index (χ0n) is 13.2. The van der Waals surface area contributed by atoms with Crippen LogP contribution < -0.4 is 0 Å². The van der Waals surface area contributed by atoms with Crippen molar-refractivity contribution in [3.05, 3.63) is 12.2 Å². The Morgan fingerprint density at radius 2 is 1.90 bits per heavy atom. The van der Waals surface area contributed by atoms with Crippen LogP contribution in [0.15, 0.2) is 12.2 Å². The molecule has 2 rings (SSSR count). The van der Waals surface area contributed by atoms with E-state index in [-0.39, 0.29) is 6.10 Å². The number of fused-ring (bicyclic) bond motifs is 1. The molecule has 4 heteroatoms. The molecule has 20 heavy (non-hydrogen) atoms. The fourth-order valence-electron chi connectivity index (χ4n) is 4.36. The first-order valence-electron chi connectivity index (χ1n) is 7.66. The van der Waals surface area contributed by atoms with E-state index in [1.165, 1.54) is 18.4 Å². The molecule has 2 saturated carbocycles. The lowest BCUT2D eigenvalue weighted by molar-refractivity contribution is -0.0515. The van der Waals surface area contributed by atoms with E-state index < -0.39 is 10.1 Å². The molecule has 0 N–H and O–H groups in total. The van der Waals surface area contributed by atoms with E-state index in [0.717, 1.165) is 25.5 Å². The highest BCUT2D eigenvalue weighted by atomic mass is 32.2. The van der Waals surface area contributed by atoms with Crippen molar-refractivity contribution in [1.82, 2.24) is 0 Å². The summed E-state index contributed by atoms with van der Waals surface area (Å²) >= 11 is 0. The normalized spacial score (nSPS) is 42.0. The van der Waals surface area contributed by atoms with E-state index in [2.05, 4.69) is 27.4 Å². The fraction of sp³-hybridized carbons (Fsp3) is 0.875. The Hall–Kier alpha value is -0.350. The molecule has 0 bridgehead atoms. The molecule has 0 aromatic carbocycles. The van der Waals surface area contributed by atoms with Crippen LogP contribution in [0.5, 0.6) is 0 Å². The van der Waals surface area contributed by atoms with E-state index in [1.807, 2.05) is 0 Å². The van der Waals surface area contributed by atoms with Gasteiger partial charge in [-0.2, -0.15) is 8.42 Å². The lowest BCUT2D eigenvalue weighted by Crippen LogP contribution is -2.47. The molecule has 0 radical (unpaired) electrons. The maximum atomic E-state index is 11.4. The van der Waals surface area contributed by atoms with Crippen molar-refractivity contribution in [3.8, 4) is 0 Å². The molecule has 2 fully saturated rings. The summed E-state index contributed by atoms with van der Waals surface area (Å²) in [5, 5.41) is 0. The van der Waals surface area contributed by atoms with Crippen LogP contribution in [0.4, 0.5) is 0 Å². The Morgan fingerprint density at radius 1 is 1.30 bits per heavy atom. The predicted molar refractivity (Wildman–Crippen MR) is 81.9 cm³/mol. The minimum absolute atomic E-state index is 0.146.